The van der Waals surface area contributed by atoms with Gasteiger partial charge in [-0.05, 0) is 70.0 Å². The van der Waals surface area contributed by atoms with Gasteiger partial charge in [-0.1, -0.05) is 0 Å². The van der Waals surface area contributed by atoms with Crippen molar-refractivity contribution < 1.29 is 0 Å². The molecule has 1 aliphatic heterocycles. The molecule has 2 aromatic heterocycles. The van der Waals surface area contributed by atoms with Gasteiger partial charge in [-0.25, -0.2) is 0 Å². The Morgan fingerprint density at radius 3 is 2.86 bits per heavy atom. The van der Waals surface area contributed by atoms with Crippen LogP contribution in [-0.4, -0.2) is 39.8 Å². The minimum absolute atomic E-state index is 0.351. The van der Waals surface area contributed by atoms with Crippen LogP contribution in [0.15, 0.2) is 30.6 Å². The van der Waals surface area contributed by atoms with Crippen LogP contribution in [0.5, 0.6) is 0 Å². The lowest BCUT2D eigenvalue weighted by Crippen LogP contribution is -2.15. The predicted molar refractivity (Wildman–Crippen MR) is 85.2 cm³/mol. The Bertz CT molecular complexity index is 602. The Hall–Kier alpha value is -1.68. The van der Waals surface area contributed by atoms with Crippen molar-refractivity contribution in [1.29, 1.82) is 0 Å². The molecule has 0 unspecified atom stereocenters. The van der Waals surface area contributed by atoms with Gasteiger partial charge < -0.3 is 4.90 Å². The van der Waals surface area contributed by atoms with Crippen molar-refractivity contribution in [2.45, 2.75) is 32.7 Å². The second-order valence-corrected chi connectivity index (χ2v) is 6.43. The van der Waals surface area contributed by atoms with Gasteiger partial charge in [0.25, 0.3) is 0 Å². The van der Waals surface area contributed by atoms with E-state index >= 15 is 0 Å². The minimum atomic E-state index is 0.351. The molecule has 4 heteroatoms. The van der Waals surface area contributed by atoms with Gasteiger partial charge in [0.2, 0.25) is 0 Å². The Labute approximate surface area is 126 Å². The van der Waals surface area contributed by atoms with Crippen LogP contribution in [0, 0.1) is 5.92 Å². The maximum absolute atomic E-state index is 4.54. The van der Waals surface area contributed by atoms with E-state index in [2.05, 4.69) is 54.1 Å². The molecule has 0 spiro atoms. The number of pyridine rings is 1. The molecule has 0 aromatic carbocycles. The predicted octanol–water partition coefficient (Wildman–Crippen LogP) is 3.02. The van der Waals surface area contributed by atoms with Gasteiger partial charge in [0, 0.05) is 25.0 Å². The molecule has 0 aliphatic carbocycles. The van der Waals surface area contributed by atoms with Crippen LogP contribution in [0.3, 0.4) is 0 Å². The lowest BCUT2D eigenvalue weighted by Gasteiger charge is -2.13. The standard InChI is InChI=1S/C17H24N4/c1-13(2)21-17(5-8-19-21)16-11-14(4-7-18-16)10-15-6-9-20(3)12-15/h4-5,7-8,11,13,15H,6,9-10,12H2,1-3H3/t15-/m1/s1. The quantitative estimate of drug-likeness (QED) is 0.865. The number of hydrogen-bond donors (Lipinski definition) is 0. The van der Waals surface area contributed by atoms with E-state index in [-0.39, 0.29) is 0 Å². The van der Waals surface area contributed by atoms with Crippen LogP contribution < -0.4 is 0 Å². The molecule has 1 atom stereocenters. The van der Waals surface area contributed by atoms with Gasteiger partial charge in [0.05, 0.1) is 11.4 Å². The molecule has 3 rings (SSSR count). The summed E-state index contributed by atoms with van der Waals surface area (Å²) in [6.07, 6.45) is 6.24. The summed E-state index contributed by atoms with van der Waals surface area (Å²) in [5.74, 6) is 0.778. The highest BCUT2D eigenvalue weighted by Crippen LogP contribution is 2.24. The molecule has 0 radical (unpaired) electrons. The fourth-order valence-electron chi connectivity index (χ4n) is 3.20. The van der Waals surface area contributed by atoms with Crippen LogP contribution in [0.1, 0.15) is 31.9 Å². The molecule has 1 saturated heterocycles. The molecule has 21 heavy (non-hydrogen) atoms. The van der Waals surface area contributed by atoms with E-state index in [1.165, 1.54) is 25.1 Å². The Kier molecular flexibility index (Phi) is 4.06. The molecule has 0 saturated carbocycles. The third kappa shape index (κ3) is 3.16. The average Bonchev–Trinajstić information content (AvgIpc) is 3.08. The Morgan fingerprint density at radius 1 is 1.29 bits per heavy atom. The van der Waals surface area contributed by atoms with Gasteiger partial charge in [0.15, 0.2) is 0 Å². The zero-order valence-electron chi connectivity index (χ0n) is 13.2. The Morgan fingerprint density at radius 2 is 2.14 bits per heavy atom. The highest BCUT2D eigenvalue weighted by molar-refractivity contribution is 5.55. The lowest BCUT2D eigenvalue weighted by atomic mass is 9.98. The summed E-state index contributed by atoms with van der Waals surface area (Å²) < 4.78 is 2.04. The summed E-state index contributed by atoms with van der Waals surface area (Å²) >= 11 is 0. The first-order valence-electron chi connectivity index (χ1n) is 7.81. The summed E-state index contributed by atoms with van der Waals surface area (Å²) in [6.45, 7) is 6.73. The lowest BCUT2D eigenvalue weighted by molar-refractivity contribution is 0.394. The largest absolute Gasteiger partial charge is 0.306 e. The van der Waals surface area contributed by atoms with Crippen molar-refractivity contribution in [3.63, 3.8) is 0 Å². The molecular formula is C17H24N4. The number of hydrogen-bond acceptors (Lipinski definition) is 3. The van der Waals surface area contributed by atoms with Crippen LogP contribution in [0.25, 0.3) is 11.4 Å². The van der Waals surface area contributed by atoms with Crippen LogP contribution in [0.2, 0.25) is 0 Å². The van der Waals surface area contributed by atoms with Gasteiger partial charge >= 0.3 is 0 Å². The molecule has 0 N–H and O–H groups in total. The molecule has 0 bridgehead atoms. The normalized spacial score (nSPS) is 19.5. The molecule has 2 aromatic rings. The summed E-state index contributed by atoms with van der Waals surface area (Å²) in [6, 6.07) is 6.78. The van der Waals surface area contributed by atoms with Gasteiger partial charge in [-0.2, -0.15) is 5.10 Å². The van der Waals surface area contributed by atoms with E-state index < -0.39 is 0 Å². The summed E-state index contributed by atoms with van der Waals surface area (Å²) in [5, 5.41) is 4.40. The smallest absolute Gasteiger partial charge is 0.0885 e. The maximum Gasteiger partial charge on any atom is 0.0885 e. The summed E-state index contributed by atoms with van der Waals surface area (Å²) in [5.41, 5.74) is 3.53. The van der Waals surface area contributed by atoms with Crippen molar-refractivity contribution in [1.82, 2.24) is 19.7 Å². The van der Waals surface area contributed by atoms with Crippen molar-refractivity contribution in [3.8, 4) is 11.4 Å². The zero-order valence-corrected chi connectivity index (χ0v) is 13.2. The van der Waals surface area contributed by atoms with Crippen LogP contribution in [-0.2, 0) is 6.42 Å². The second-order valence-electron chi connectivity index (χ2n) is 6.43. The third-order valence-corrected chi connectivity index (χ3v) is 4.26. The first kappa shape index (κ1) is 14.3. The zero-order chi connectivity index (χ0) is 14.8. The highest BCUT2D eigenvalue weighted by atomic mass is 15.3. The first-order chi connectivity index (χ1) is 10.1. The van der Waals surface area contributed by atoms with E-state index in [9.17, 15) is 0 Å². The van der Waals surface area contributed by atoms with Gasteiger partial charge in [0.1, 0.15) is 0 Å². The monoisotopic (exact) mass is 284 g/mol. The second kappa shape index (κ2) is 5.98. The highest BCUT2D eigenvalue weighted by Gasteiger charge is 2.20. The number of likely N-dealkylation sites (tertiary alicyclic amines) is 1. The van der Waals surface area contributed by atoms with E-state index in [1.54, 1.807) is 0 Å². The van der Waals surface area contributed by atoms with Crippen LogP contribution in [0.4, 0.5) is 0 Å². The fraction of sp³-hybridized carbons (Fsp3) is 0.529. The molecule has 0 amide bonds. The van der Waals surface area contributed by atoms with Gasteiger partial charge in [-0.3, -0.25) is 9.67 Å². The van der Waals surface area contributed by atoms with Crippen molar-refractivity contribution in [2.75, 3.05) is 20.1 Å². The molecule has 112 valence electrons. The van der Waals surface area contributed by atoms with Crippen molar-refractivity contribution in [3.05, 3.63) is 36.2 Å². The molecule has 3 heterocycles. The molecular weight excluding hydrogens is 260 g/mol. The summed E-state index contributed by atoms with van der Waals surface area (Å²) in [7, 11) is 2.21. The van der Waals surface area contributed by atoms with E-state index in [0.717, 1.165) is 23.7 Å². The fourth-order valence-corrected chi connectivity index (χ4v) is 3.20. The minimum Gasteiger partial charge on any atom is -0.306 e. The summed E-state index contributed by atoms with van der Waals surface area (Å²) in [4.78, 5) is 6.96. The number of rotatable bonds is 4. The van der Waals surface area contributed by atoms with E-state index in [4.69, 9.17) is 0 Å². The van der Waals surface area contributed by atoms with E-state index in [0.29, 0.717) is 6.04 Å². The number of aromatic nitrogens is 3. The topological polar surface area (TPSA) is 34.0 Å². The van der Waals surface area contributed by atoms with Crippen molar-refractivity contribution in [2.24, 2.45) is 5.92 Å². The van der Waals surface area contributed by atoms with Crippen molar-refractivity contribution >= 4 is 0 Å². The molecule has 1 fully saturated rings. The SMILES string of the molecule is CC(C)n1nccc1-c1cc(C[C@H]2CCN(C)C2)ccn1. The number of nitrogens with zero attached hydrogens (tertiary/aromatic N) is 4. The maximum atomic E-state index is 4.54. The third-order valence-electron chi connectivity index (χ3n) is 4.26. The first-order valence-corrected chi connectivity index (χ1v) is 7.81. The molecule has 1 aliphatic rings. The Balaban J connectivity index is 1.81. The van der Waals surface area contributed by atoms with Crippen LogP contribution >= 0.6 is 0 Å². The average molecular weight is 284 g/mol. The molecule has 4 nitrogen and oxygen atoms in total. The van der Waals surface area contributed by atoms with E-state index in [1.807, 2.05) is 17.1 Å². The van der Waals surface area contributed by atoms with Gasteiger partial charge in [-0.15, -0.1) is 0 Å².